The van der Waals surface area contributed by atoms with Gasteiger partial charge in [0, 0.05) is 43.6 Å². The summed E-state index contributed by atoms with van der Waals surface area (Å²) in [4.78, 5) is 18.8. The number of nitrogens with zero attached hydrogens (tertiary/aromatic N) is 1. The SMILES string of the molecule is CCCC(=CC(=O)CCc1cc(OC2CCCC2)c(O)c2c1C#CC1C(N=C(N)N)C3CC(COC)C2CCC(C)CC#CC12Cc1ccccc1CC1=C2C3=CC1)CO. The molecule has 0 heterocycles. The van der Waals surface area contributed by atoms with Crippen LogP contribution in [-0.2, 0) is 28.8 Å². The molecule has 0 amide bonds. The Labute approximate surface area is 357 Å². The number of methoxy groups -OCH3 is 1. The fourth-order valence-corrected chi connectivity index (χ4v) is 11.6. The van der Waals surface area contributed by atoms with Crippen molar-refractivity contribution in [1.29, 1.82) is 0 Å². The van der Waals surface area contributed by atoms with Gasteiger partial charge in [-0.25, -0.2) is 4.99 Å². The first-order valence-corrected chi connectivity index (χ1v) is 22.6. The van der Waals surface area contributed by atoms with E-state index in [1.807, 2.05) is 13.0 Å². The fourth-order valence-electron chi connectivity index (χ4n) is 11.6. The monoisotopic (exact) mass is 809 g/mol. The van der Waals surface area contributed by atoms with Crippen molar-refractivity contribution >= 4 is 11.7 Å². The smallest absolute Gasteiger partial charge is 0.186 e. The normalized spacial score (nSPS) is 28.1. The molecule has 0 aromatic heterocycles. The van der Waals surface area contributed by atoms with E-state index in [2.05, 4.69) is 60.9 Å². The molecule has 10 rings (SSSR count). The van der Waals surface area contributed by atoms with Crippen LogP contribution >= 0.6 is 0 Å². The lowest BCUT2D eigenvalue weighted by atomic mass is 9.53. The number of hydrogen-bond acceptors (Lipinski definition) is 6. The second-order valence-electron chi connectivity index (χ2n) is 18.5. The van der Waals surface area contributed by atoms with Crippen LogP contribution in [0.3, 0.4) is 0 Å². The number of guanidine groups is 1. The lowest BCUT2D eigenvalue weighted by molar-refractivity contribution is -0.114. The molecule has 316 valence electrons. The molecule has 8 heteroatoms. The van der Waals surface area contributed by atoms with Crippen molar-refractivity contribution in [2.24, 2.45) is 45.5 Å². The van der Waals surface area contributed by atoms with Crippen molar-refractivity contribution in [2.45, 2.75) is 128 Å². The van der Waals surface area contributed by atoms with Crippen molar-refractivity contribution in [1.82, 2.24) is 0 Å². The third-order valence-electron chi connectivity index (χ3n) is 14.4. The van der Waals surface area contributed by atoms with E-state index in [1.54, 1.807) is 13.2 Å². The molecule has 4 bridgehead atoms. The number of aliphatic hydroxyl groups excluding tert-OH is 1. The first-order chi connectivity index (χ1) is 29.1. The average Bonchev–Trinajstić information content (AvgIpc) is 3.88. The number of ketones is 1. The van der Waals surface area contributed by atoms with Crippen molar-refractivity contribution in [3.63, 3.8) is 0 Å². The van der Waals surface area contributed by atoms with E-state index in [9.17, 15) is 15.0 Å². The van der Waals surface area contributed by atoms with Gasteiger partial charge in [-0.3, -0.25) is 4.79 Å². The van der Waals surface area contributed by atoms with Crippen LogP contribution in [0.4, 0.5) is 0 Å². The number of phenols is 1. The number of nitrogens with two attached hydrogens (primary N) is 2. The van der Waals surface area contributed by atoms with E-state index in [4.69, 9.17) is 25.9 Å². The van der Waals surface area contributed by atoms with Gasteiger partial charge in [-0.1, -0.05) is 73.9 Å². The summed E-state index contributed by atoms with van der Waals surface area (Å²) >= 11 is 0. The maximum Gasteiger partial charge on any atom is 0.186 e. The Morgan fingerprint density at radius 1 is 1.08 bits per heavy atom. The van der Waals surface area contributed by atoms with E-state index in [-0.39, 0.29) is 66.3 Å². The van der Waals surface area contributed by atoms with Crippen molar-refractivity contribution in [3.05, 3.63) is 92.6 Å². The maximum absolute atomic E-state index is 13.6. The molecule has 0 saturated heterocycles. The topological polar surface area (TPSA) is 140 Å². The molecule has 2 saturated carbocycles. The molecule has 8 aliphatic carbocycles. The number of benzene rings is 2. The Balaban J connectivity index is 1.41. The van der Waals surface area contributed by atoms with E-state index >= 15 is 0 Å². The van der Waals surface area contributed by atoms with Crippen molar-refractivity contribution < 1.29 is 24.5 Å². The zero-order valence-electron chi connectivity index (χ0n) is 35.8. The van der Waals surface area contributed by atoms with Crippen LogP contribution < -0.4 is 16.2 Å². The van der Waals surface area contributed by atoms with Gasteiger partial charge in [0.1, 0.15) is 0 Å². The minimum absolute atomic E-state index is 0.0176. The minimum Gasteiger partial charge on any atom is -0.504 e. The molecular weight excluding hydrogens is 747 g/mol. The summed E-state index contributed by atoms with van der Waals surface area (Å²) in [5.74, 6) is 15.7. The largest absolute Gasteiger partial charge is 0.504 e. The number of phenolic OH excluding ortho intramolecular Hbond substituents is 1. The second kappa shape index (κ2) is 18.1. The number of ether oxygens (including phenoxy) is 2. The summed E-state index contributed by atoms with van der Waals surface area (Å²) in [6.45, 7) is 4.67. The standard InChI is InChI=1S/C52H63N3O5/c1-4-10-33(30-56)25-39(57)19-17-35-28-46(60-40-14-7-8-15-40)50(58)47-41(35)22-23-45-49(55-51(53)54)44-27-38(31-59-3)42(47)20-16-32(2)11-9-24-52(45)29-37-13-6-5-12-34(37)26-36-18-21-43(44)48(36)52/h5-6,12-13,21,25,28,32,38,40,42,44-45,49,56,58H,4,7-8,10-11,14-20,26-27,29-31H2,1-3H3,(H4,53,54,55). The summed E-state index contributed by atoms with van der Waals surface area (Å²) in [6.07, 6.45) is 15.9. The van der Waals surface area contributed by atoms with Crippen LogP contribution in [0.5, 0.6) is 11.5 Å². The minimum atomic E-state index is -0.685. The van der Waals surface area contributed by atoms with Crippen LogP contribution in [0.15, 0.2) is 69.8 Å². The van der Waals surface area contributed by atoms with Crippen molar-refractivity contribution in [2.75, 3.05) is 20.3 Å². The number of carbonyl (C=O) groups is 1. The van der Waals surface area contributed by atoms with Crippen LogP contribution in [0, 0.1) is 52.8 Å². The number of hydrogen-bond donors (Lipinski definition) is 4. The average molecular weight is 810 g/mol. The Morgan fingerprint density at radius 3 is 2.63 bits per heavy atom. The molecule has 6 N–H and O–H groups in total. The molecule has 0 radical (unpaired) electrons. The van der Waals surface area contributed by atoms with Gasteiger partial charge in [-0.05, 0) is 140 Å². The maximum atomic E-state index is 13.6. The molecule has 1 spiro atoms. The van der Waals surface area contributed by atoms with Crippen molar-refractivity contribution in [3.8, 4) is 35.2 Å². The number of aromatic hydroxyl groups is 1. The lowest BCUT2D eigenvalue weighted by Gasteiger charge is -2.49. The Kier molecular flexibility index (Phi) is 12.6. The molecule has 2 aromatic carbocycles. The summed E-state index contributed by atoms with van der Waals surface area (Å²) < 4.78 is 12.9. The van der Waals surface area contributed by atoms with Gasteiger partial charge in [-0.2, -0.15) is 0 Å². The van der Waals surface area contributed by atoms with E-state index in [0.717, 1.165) is 92.9 Å². The van der Waals surface area contributed by atoms with Crippen LogP contribution in [0.2, 0.25) is 0 Å². The molecule has 8 nitrogen and oxygen atoms in total. The third kappa shape index (κ3) is 8.18. The van der Waals surface area contributed by atoms with Crippen LogP contribution in [0.1, 0.15) is 125 Å². The Hall–Kier alpha value is -4.76. The number of aliphatic hydroxyl groups is 1. The Bertz CT molecular complexity index is 2230. The van der Waals surface area contributed by atoms with Gasteiger partial charge < -0.3 is 31.2 Å². The number of allylic oxidation sites excluding steroid dienone is 4. The van der Waals surface area contributed by atoms with Gasteiger partial charge in [0.15, 0.2) is 23.2 Å². The molecule has 60 heavy (non-hydrogen) atoms. The molecule has 2 fully saturated rings. The molecule has 7 unspecified atom stereocenters. The summed E-state index contributed by atoms with van der Waals surface area (Å²) in [7, 11) is 1.77. The second-order valence-corrected chi connectivity index (χ2v) is 18.5. The van der Waals surface area contributed by atoms with Gasteiger partial charge in [0.25, 0.3) is 0 Å². The predicted octanol–water partition coefficient (Wildman–Crippen LogP) is 8.16. The quantitative estimate of drug-likeness (QED) is 0.0735. The lowest BCUT2D eigenvalue weighted by Crippen LogP contribution is -2.50. The fraction of sp³-hybridized carbons (Fsp3) is 0.538. The highest BCUT2D eigenvalue weighted by molar-refractivity contribution is 5.90. The molecule has 0 aliphatic heterocycles. The number of rotatable bonds is 12. The highest BCUT2D eigenvalue weighted by Gasteiger charge is 2.57. The highest BCUT2D eigenvalue weighted by atomic mass is 16.5. The first kappa shape index (κ1) is 42.0. The molecular formula is C52H63N3O5. The zero-order chi connectivity index (χ0) is 42.0. The zero-order valence-corrected chi connectivity index (χ0v) is 35.8. The molecule has 8 aliphatic rings. The van der Waals surface area contributed by atoms with E-state index < -0.39 is 5.41 Å². The van der Waals surface area contributed by atoms with Gasteiger partial charge >= 0.3 is 0 Å². The number of carbonyl (C=O) groups excluding carboxylic acids is 1. The first-order valence-electron chi connectivity index (χ1n) is 22.6. The number of aryl methyl sites for hydroxylation is 1. The highest BCUT2D eigenvalue weighted by Crippen LogP contribution is 2.60. The van der Waals surface area contributed by atoms with E-state index in [1.165, 1.54) is 27.8 Å². The Morgan fingerprint density at radius 2 is 1.88 bits per heavy atom. The molecule has 7 atom stereocenters. The predicted molar refractivity (Wildman–Crippen MR) is 237 cm³/mol. The number of aliphatic imine (C=N–C) groups is 1. The van der Waals surface area contributed by atoms with Gasteiger partial charge in [0.05, 0.1) is 30.1 Å². The molecule has 2 aromatic rings. The van der Waals surface area contributed by atoms with Crippen LogP contribution in [-0.4, -0.2) is 54.4 Å². The van der Waals surface area contributed by atoms with Gasteiger partial charge in [0.2, 0.25) is 0 Å². The summed E-state index contributed by atoms with van der Waals surface area (Å²) in [5.41, 5.74) is 22.0. The number of fused-ring (bicyclic) bond motifs is 1. The van der Waals surface area contributed by atoms with E-state index in [0.29, 0.717) is 37.5 Å². The third-order valence-corrected chi connectivity index (χ3v) is 14.4. The van der Waals surface area contributed by atoms with Gasteiger partial charge in [-0.15, -0.1) is 5.92 Å². The summed E-state index contributed by atoms with van der Waals surface area (Å²) in [5, 5.41) is 22.7. The summed E-state index contributed by atoms with van der Waals surface area (Å²) in [6, 6.07) is 10.4. The van der Waals surface area contributed by atoms with Crippen LogP contribution in [0.25, 0.3) is 0 Å².